The highest BCUT2D eigenvalue weighted by Crippen LogP contribution is 2.39. The van der Waals surface area contributed by atoms with Crippen LogP contribution in [0.15, 0.2) is 0 Å². The Bertz CT molecular complexity index is 244. The zero-order valence-corrected chi connectivity index (χ0v) is 9.99. The number of nitrogens with zero attached hydrogens (tertiary/aromatic N) is 1. The third kappa shape index (κ3) is 4.19. The van der Waals surface area contributed by atoms with E-state index in [1.807, 2.05) is 6.07 Å². The van der Waals surface area contributed by atoms with Crippen molar-refractivity contribution in [3.8, 4) is 6.07 Å². The molecule has 1 aliphatic carbocycles. The molecule has 0 bridgehead atoms. The maximum absolute atomic E-state index is 8.56. The van der Waals surface area contributed by atoms with Gasteiger partial charge in [0.1, 0.15) is 6.04 Å². The number of ether oxygens (including phenoxy) is 1. The Morgan fingerprint density at radius 3 is 2.73 bits per heavy atom. The van der Waals surface area contributed by atoms with Gasteiger partial charge in [-0.25, -0.2) is 0 Å². The molecule has 0 aromatic heterocycles. The average Bonchev–Trinajstić information content (AvgIpc) is 2.11. The smallest absolute Gasteiger partial charge is 0.116 e. The first-order valence-corrected chi connectivity index (χ1v) is 5.70. The van der Waals surface area contributed by atoms with E-state index < -0.39 is 6.04 Å². The third-order valence-electron chi connectivity index (χ3n) is 3.02. The molecule has 0 amide bonds. The molecule has 3 nitrogen and oxygen atoms in total. The highest BCUT2D eigenvalue weighted by atomic mass is 16.5. The lowest BCUT2D eigenvalue weighted by atomic mass is 9.71. The van der Waals surface area contributed by atoms with Crippen molar-refractivity contribution < 1.29 is 4.74 Å². The van der Waals surface area contributed by atoms with Crippen LogP contribution in [-0.2, 0) is 4.74 Å². The van der Waals surface area contributed by atoms with Crippen LogP contribution >= 0.6 is 0 Å². The van der Waals surface area contributed by atoms with Crippen molar-refractivity contribution >= 4 is 0 Å². The number of hydrogen-bond donors (Lipinski definition) is 1. The molecule has 3 heteroatoms. The Hall–Kier alpha value is -0.590. The second kappa shape index (κ2) is 4.96. The van der Waals surface area contributed by atoms with E-state index in [2.05, 4.69) is 20.8 Å². The van der Waals surface area contributed by atoms with E-state index in [1.54, 1.807) is 0 Å². The van der Waals surface area contributed by atoms with Gasteiger partial charge in [-0.2, -0.15) is 5.26 Å². The van der Waals surface area contributed by atoms with Gasteiger partial charge in [0, 0.05) is 0 Å². The zero-order chi connectivity index (χ0) is 11.5. The van der Waals surface area contributed by atoms with E-state index in [4.69, 9.17) is 15.7 Å². The van der Waals surface area contributed by atoms with E-state index in [1.165, 1.54) is 6.42 Å². The molecule has 0 radical (unpaired) electrons. The molecule has 0 heterocycles. The first-order chi connectivity index (χ1) is 6.93. The maximum atomic E-state index is 8.56. The van der Waals surface area contributed by atoms with E-state index in [0.29, 0.717) is 17.9 Å². The lowest BCUT2D eigenvalue weighted by Crippen LogP contribution is -2.35. The standard InChI is InChI=1S/C12H22N2O/c1-9-4-11(6-12(2,3)5-9)15-8-10(14)7-13/h9-11H,4-6,8,14H2,1-3H3. The van der Waals surface area contributed by atoms with Gasteiger partial charge in [-0.05, 0) is 30.6 Å². The normalized spacial score (nSPS) is 31.9. The number of hydrogen-bond acceptors (Lipinski definition) is 3. The van der Waals surface area contributed by atoms with Crippen LogP contribution in [0.4, 0.5) is 0 Å². The quantitative estimate of drug-likeness (QED) is 0.775. The summed E-state index contributed by atoms with van der Waals surface area (Å²) in [7, 11) is 0. The van der Waals surface area contributed by atoms with Crippen molar-refractivity contribution in [2.75, 3.05) is 6.61 Å². The van der Waals surface area contributed by atoms with Gasteiger partial charge in [-0.1, -0.05) is 20.8 Å². The predicted molar refractivity (Wildman–Crippen MR) is 60.1 cm³/mol. The van der Waals surface area contributed by atoms with Crippen LogP contribution in [0.3, 0.4) is 0 Å². The molecular formula is C12H22N2O. The first-order valence-electron chi connectivity index (χ1n) is 5.70. The maximum Gasteiger partial charge on any atom is 0.116 e. The molecule has 1 aliphatic rings. The Kier molecular flexibility index (Phi) is 4.12. The van der Waals surface area contributed by atoms with Crippen LogP contribution in [0.2, 0.25) is 0 Å². The van der Waals surface area contributed by atoms with Crippen molar-refractivity contribution in [2.45, 2.75) is 52.2 Å². The zero-order valence-electron chi connectivity index (χ0n) is 9.99. The highest BCUT2D eigenvalue weighted by molar-refractivity contribution is 4.88. The molecule has 1 saturated carbocycles. The Morgan fingerprint density at radius 1 is 1.53 bits per heavy atom. The fraction of sp³-hybridized carbons (Fsp3) is 0.917. The summed E-state index contributed by atoms with van der Waals surface area (Å²) in [5.41, 5.74) is 5.87. The summed E-state index contributed by atoms with van der Waals surface area (Å²) in [6.45, 7) is 7.19. The van der Waals surface area contributed by atoms with E-state index in [9.17, 15) is 0 Å². The molecule has 0 saturated heterocycles. The summed E-state index contributed by atoms with van der Waals surface area (Å²) in [5.74, 6) is 0.706. The average molecular weight is 210 g/mol. The van der Waals surface area contributed by atoms with Gasteiger partial charge >= 0.3 is 0 Å². The van der Waals surface area contributed by atoms with Crippen molar-refractivity contribution in [1.82, 2.24) is 0 Å². The molecule has 0 aromatic carbocycles. The monoisotopic (exact) mass is 210 g/mol. The molecule has 3 atom stereocenters. The van der Waals surface area contributed by atoms with Crippen LogP contribution in [-0.4, -0.2) is 18.8 Å². The number of nitrogens with two attached hydrogens (primary N) is 1. The fourth-order valence-corrected chi connectivity index (χ4v) is 2.66. The molecule has 0 spiro atoms. The summed E-state index contributed by atoms with van der Waals surface area (Å²) in [5, 5.41) is 8.56. The molecule has 1 fully saturated rings. The third-order valence-corrected chi connectivity index (χ3v) is 3.02. The van der Waals surface area contributed by atoms with Crippen molar-refractivity contribution in [3.63, 3.8) is 0 Å². The molecule has 0 aliphatic heterocycles. The summed E-state index contributed by atoms with van der Waals surface area (Å²) < 4.78 is 5.69. The number of nitriles is 1. The van der Waals surface area contributed by atoms with Crippen LogP contribution in [0.5, 0.6) is 0 Å². The Balaban J connectivity index is 2.39. The summed E-state index contributed by atoms with van der Waals surface area (Å²) >= 11 is 0. The molecule has 1 rings (SSSR count). The topological polar surface area (TPSA) is 59.0 Å². The Labute approximate surface area is 92.6 Å². The largest absolute Gasteiger partial charge is 0.375 e. The minimum Gasteiger partial charge on any atom is -0.375 e. The van der Waals surface area contributed by atoms with Crippen LogP contribution in [0.1, 0.15) is 40.0 Å². The van der Waals surface area contributed by atoms with E-state index in [0.717, 1.165) is 12.8 Å². The van der Waals surface area contributed by atoms with Crippen molar-refractivity contribution in [2.24, 2.45) is 17.1 Å². The lowest BCUT2D eigenvalue weighted by Gasteiger charge is -2.38. The van der Waals surface area contributed by atoms with Crippen molar-refractivity contribution in [1.29, 1.82) is 5.26 Å². The Morgan fingerprint density at radius 2 is 2.20 bits per heavy atom. The van der Waals surface area contributed by atoms with Gasteiger partial charge in [0.15, 0.2) is 0 Å². The molecule has 86 valence electrons. The van der Waals surface area contributed by atoms with Gasteiger partial charge in [0.25, 0.3) is 0 Å². The van der Waals surface area contributed by atoms with Gasteiger partial charge in [0.2, 0.25) is 0 Å². The summed E-state index contributed by atoms with van der Waals surface area (Å²) in [6.07, 6.45) is 3.72. The van der Waals surface area contributed by atoms with Gasteiger partial charge in [0.05, 0.1) is 18.8 Å². The first kappa shape index (κ1) is 12.5. The van der Waals surface area contributed by atoms with E-state index in [-0.39, 0.29) is 6.10 Å². The summed E-state index contributed by atoms with van der Waals surface area (Å²) in [6, 6.07) is 1.51. The van der Waals surface area contributed by atoms with Crippen LogP contribution in [0, 0.1) is 22.7 Å². The van der Waals surface area contributed by atoms with Gasteiger partial charge in [-0.3, -0.25) is 0 Å². The lowest BCUT2D eigenvalue weighted by molar-refractivity contribution is -0.0238. The molecular weight excluding hydrogens is 188 g/mol. The minimum absolute atomic E-state index is 0.281. The SMILES string of the molecule is CC1CC(OCC(N)C#N)CC(C)(C)C1. The van der Waals surface area contributed by atoms with Gasteiger partial charge in [-0.15, -0.1) is 0 Å². The molecule has 15 heavy (non-hydrogen) atoms. The van der Waals surface area contributed by atoms with Crippen LogP contribution < -0.4 is 5.73 Å². The van der Waals surface area contributed by atoms with Gasteiger partial charge < -0.3 is 10.5 Å². The molecule has 3 unspecified atom stereocenters. The second-order valence-electron chi connectivity index (χ2n) is 5.60. The van der Waals surface area contributed by atoms with E-state index >= 15 is 0 Å². The fourth-order valence-electron chi connectivity index (χ4n) is 2.66. The van der Waals surface area contributed by atoms with Crippen molar-refractivity contribution in [3.05, 3.63) is 0 Å². The molecule has 2 N–H and O–H groups in total. The highest BCUT2D eigenvalue weighted by Gasteiger charge is 2.32. The molecule has 0 aromatic rings. The minimum atomic E-state index is -0.481. The van der Waals surface area contributed by atoms with Crippen LogP contribution in [0.25, 0.3) is 0 Å². The summed E-state index contributed by atoms with van der Waals surface area (Å²) in [4.78, 5) is 0. The number of rotatable bonds is 3. The predicted octanol–water partition coefficient (Wildman–Crippen LogP) is 2.07. The second-order valence-corrected chi connectivity index (χ2v) is 5.60.